The van der Waals surface area contributed by atoms with Crippen molar-refractivity contribution in [1.29, 1.82) is 0 Å². The molecule has 0 spiro atoms. The third kappa shape index (κ3) is 12.9. The molecule has 2 aliphatic heterocycles. The van der Waals surface area contributed by atoms with E-state index in [1.165, 1.54) is 38.5 Å². The first kappa shape index (κ1) is 38.6. The molecule has 0 aromatic rings. The van der Waals surface area contributed by atoms with Crippen LogP contribution in [0.2, 0.25) is 0 Å². The molecule has 0 aromatic heterocycles. The maximum Gasteiger partial charge on any atom is 0.309 e. The van der Waals surface area contributed by atoms with Gasteiger partial charge in [0, 0.05) is 0 Å². The third-order valence-electron chi connectivity index (χ3n) is 10.5. The number of carbonyl (C=O) groups excluding carboxylic acids is 4. The highest BCUT2D eigenvalue weighted by Gasteiger charge is 2.54. The second kappa shape index (κ2) is 21.1. The number of carbonyl (C=O) groups is 4. The monoisotopic (exact) mass is 678 g/mol. The Kier molecular flexibility index (Phi) is 17.0. The van der Waals surface area contributed by atoms with Gasteiger partial charge in [0.05, 0.1) is 74.5 Å². The van der Waals surface area contributed by atoms with E-state index in [0.29, 0.717) is 52.1 Å². The lowest BCUT2D eigenvalue weighted by atomic mass is 9.79. The fourth-order valence-corrected chi connectivity index (χ4v) is 7.27. The first-order chi connectivity index (χ1) is 23.4. The quantitative estimate of drug-likeness (QED) is 0.0429. The van der Waals surface area contributed by atoms with Crippen molar-refractivity contribution in [2.24, 2.45) is 23.7 Å². The average molecular weight is 679 g/mol. The normalized spacial score (nSPS) is 28.5. The summed E-state index contributed by atoms with van der Waals surface area (Å²) in [6.45, 7) is 5.73. The van der Waals surface area contributed by atoms with E-state index >= 15 is 0 Å². The zero-order valence-electron chi connectivity index (χ0n) is 29.7. The third-order valence-corrected chi connectivity index (χ3v) is 10.5. The summed E-state index contributed by atoms with van der Waals surface area (Å²) in [6, 6.07) is 0. The molecule has 10 nitrogen and oxygen atoms in total. The van der Waals surface area contributed by atoms with E-state index in [9.17, 15) is 19.2 Å². The Hall–Kier alpha value is -2.20. The van der Waals surface area contributed by atoms with E-state index in [0.717, 1.165) is 64.2 Å². The minimum Gasteiger partial charge on any atom is -0.465 e. The van der Waals surface area contributed by atoms with Crippen LogP contribution in [-0.2, 0) is 47.6 Å². The van der Waals surface area contributed by atoms with Crippen LogP contribution in [0.15, 0.2) is 0 Å². The molecule has 2 aliphatic carbocycles. The van der Waals surface area contributed by atoms with Gasteiger partial charge in [0.1, 0.15) is 0 Å². The predicted octanol–water partition coefficient (Wildman–Crippen LogP) is 7.03. The van der Waals surface area contributed by atoms with Crippen LogP contribution in [0.25, 0.3) is 0 Å². The molecule has 2 heterocycles. The molecule has 2 saturated heterocycles. The van der Waals surface area contributed by atoms with Crippen LogP contribution in [0.1, 0.15) is 142 Å². The lowest BCUT2D eigenvalue weighted by Crippen LogP contribution is -2.37. The summed E-state index contributed by atoms with van der Waals surface area (Å²) in [5.74, 6) is -2.90. The number of ether oxygens (including phenoxy) is 6. The Morgan fingerprint density at radius 1 is 0.396 bits per heavy atom. The van der Waals surface area contributed by atoms with Crippen LogP contribution in [-0.4, -0.2) is 74.7 Å². The predicted molar refractivity (Wildman–Crippen MR) is 179 cm³/mol. The average Bonchev–Trinajstić information content (AvgIpc) is 4.02. The summed E-state index contributed by atoms with van der Waals surface area (Å²) in [7, 11) is 0. The van der Waals surface area contributed by atoms with Gasteiger partial charge in [-0.05, 0) is 51.4 Å². The molecular formula is C38H62O10. The zero-order chi connectivity index (χ0) is 34.1. The Morgan fingerprint density at radius 2 is 0.625 bits per heavy atom. The maximum absolute atomic E-state index is 12.8. The lowest BCUT2D eigenvalue weighted by Gasteiger charge is -2.26. The molecule has 4 aliphatic rings. The molecule has 0 amide bonds. The van der Waals surface area contributed by atoms with Crippen LogP contribution in [0.5, 0.6) is 0 Å². The van der Waals surface area contributed by atoms with Gasteiger partial charge < -0.3 is 28.4 Å². The van der Waals surface area contributed by atoms with E-state index in [-0.39, 0.29) is 48.3 Å². The van der Waals surface area contributed by atoms with Gasteiger partial charge in [-0.25, -0.2) is 0 Å². The maximum atomic E-state index is 12.8. The molecule has 0 N–H and O–H groups in total. The van der Waals surface area contributed by atoms with E-state index in [4.69, 9.17) is 28.4 Å². The minimum absolute atomic E-state index is 0.0934. The number of fused-ring (bicyclic) bond motifs is 2. The van der Waals surface area contributed by atoms with Crippen molar-refractivity contribution in [3.8, 4) is 0 Å². The van der Waals surface area contributed by atoms with E-state index < -0.39 is 23.7 Å². The molecule has 8 atom stereocenters. The number of esters is 4. The smallest absolute Gasteiger partial charge is 0.309 e. The van der Waals surface area contributed by atoms with Crippen LogP contribution in [0.4, 0.5) is 0 Å². The summed E-state index contributed by atoms with van der Waals surface area (Å²) in [4.78, 5) is 50.7. The Labute approximate surface area is 288 Å². The number of rotatable bonds is 25. The molecule has 0 radical (unpaired) electrons. The molecule has 10 heteroatoms. The first-order valence-electron chi connectivity index (χ1n) is 19.4. The first-order valence-corrected chi connectivity index (χ1v) is 19.4. The Balaban J connectivity index is 0.930. The SMILES string of the molecule is CCCCOC(=O)C1CC2OC2CC1C(=O)OCCCCCCCCCCCCCCOC(=O)C1CC2OC2CC1C(=O)OCCCC. The number of hydrogen-bond acceptors (Lipinski definition) is 10. The molecule has 274 valence electrons. The van der Waals surface area contributed by atoms with Gasteiger partial charge in [-0.1, -0.05) is 90.9 Å². The Bertz CT molecular complexity index is 922. The second-order valence-electron chi connectivity index (χ2n) is 14.4. The van der Waals surface area contributed by atoms with Crippen LogP contribution in [0.3, 0.4) is 0 Å². The van der Waals surface area contributed by atoms with Gasteiger partial charge in [0.25, 0.3) is 0 Å². The summed E-state index contributed by atoms with van der Waals surface area (Å²) in [5, 5.41) is 0. The van der Waals surface area contributed by atoms with Crippen molar-refractivity contribution in [2.45, 2.75) is 167 Å². The van der Waals surface area contributed by atoms with E-state index in [2.05, 4.69) is 13.8 Å². The number of hydrogen-bond donors (Lipinski definition) is 0. The summed E-state index contributed by atoms with van der Waals surface area (Å²) >= 11 is 0. The van der Waals surface area contributed by atoms with Crippen LogP contribution in [0, 0.1) is 23.7 Å². The van der Waals surface area contributed by atoms with Crippen molar-refractivity contribution in [3.63, 3.8) is 0 Å². The van der Waals surface area contributed by atoms with Gasteiger partial charge in [-0.3, -0.25) is 19.2 Å². The molecule has 48 heavy (non-hydrogen) atoms. The summed E-state index contributed by atoms with van der Waals surface area (Å²) in [6.07, 6.45) is 19.6. The Morgan fingerprint density at radius 3 is 0.875 bits per heavy atom. The van der Waals surface area contributed by atoms with Gasteiger partial charge in [-0.15, -0.1) is 0 Å². The number of unbranched alkanes of at least 4 members (excludes halogenated alkanes) is 13. The van der Waals surface area contributed by atoms with E-state index in [1.807, 2.05) is 0 Å². The fraction of sp³-hybridized carbons (Fsp3) is 0.895. The zero-order valence-corrected chi connectivity index (χ0v) is 29.7. The largest absolute Gasteiger partial charge is 0.465 e. The van der Waals surface area contributed by atoms with Gasteiger partial charge in [0.15, 0.2) is 0 Å². The second-order valence-corrected chi connectivity index (χ2v) is 14.4. The molecule has 0 aromatic carbocycles. The summed E-state index contributed by atoms with van der Waals surface area (Å²) in [5.41, 5.74) is 0. The highest BCUT2D eigenvalue weighted by Crippen LogP contribution is 2.45. The molecule has 8 unspecified atom stereocenters. The van der Waals surface area contributed by atoms with Crippen LogP contribution < -0.4 is 0 Å². The molecular weight excluding hydrogens is 616 g/mol. The van der Waals surface area contributed by atoms with Crippen molar-refractivity contribution < 1.29 is 47.6 Å². The summed E-state index contributed by atoms with van der Waals surface area (Å²) < 4.78 is 33.2. The highest BCUT2D eigenvalue weighted by molar-refractivity contribution is 5.83. The lowest BCUT2D eigenvalue weighted by molar-refractivity contribution is -0.162. The molecule has 4 rings (SSSR count). The molecule has 4 fully saturated rings. The van der Waals surface area contributed by atoms with E-state index in [1.54, 1.807) is 0 Å². The van der Waals surface area contributed by atoms with Crippen molar-refractivity contribution in [1.82, 2.24) is 0 Å². The van der Waals surface area contributed by atoms with Crippen molar-refractivity contribution in [2.75, 3.05) is 26.4 Å². The minimum atomic E-state index is -0.449. The fourth-order valence-electron chi connectivity index (χ4n) is 7.27. The number of epoxide rings is 2. The van der Waals surface area contributed by atoms with Crippen molar-refractivity contribution in [3.05, 3.63) is 0 Å². The van der Waals surface area contributed by atoms with Gasteiger partial charge in [-0.2, -0.15) is 0 Å². The van der Waals surface area contributed by atoms with Crippen molar-refractivity contribution >= 4 is 23.9 Å². The topological polar surface area (TPSA) is 130 Å². The van der Waals surface area contributed by atoms with Crippen LogP contribution >= 0.6 is 0 Å². The molecule has 2 saturated carbocycles. The van der Waals surface area contributed by atoms with Gasteiger partial charge in [0.2, 0.25) is 0 Å². The molecule has 0 bridgehead atoms. The standard InChI is InChI=1S/C38H62O10/c1-3-5-19-43-35(39)27-23-31-33(47-31)25-29(27)37(41)45-21-17-15-13-11-9-7-8-10-12-14-16-18-22-46-38(42)30-26-34-32(48-34)24-28(30)36(40)44-20-6-4-2/h27-34H,3-26H2,1-2H3. The van der Waals surface area contributed by atoms with Gasteiger partial charge >= 0.3 is 23.9 Å². The highest BCUT2D eigenvalue weighted by atomic mass is 16.6.